The molecule has 1 amide bonds. The molecule has 1 aliphatic rings. The molecular formula is C14H25NO3S. The Labute approximate surface area is 120 Å². The van der Waals surface area contributed by atoms with Gasteiger partial charge in [-0.15, -0.1) is 11.8 Å². The Kier molecular flexibility index (Phi) is 6.17. The average molecular weight is 287 g/mol. The van der Waals surface area contributed by atoms with E-state index in [1.165, 1.54) is 7.11 Å². The van der Waals surface area contributed by atoms with Gasteiger partial charge in [0, 0.05) is 11.8 Å². The molecule has 1 N–H and O–H groups in total. The number of nitrogens with one attached hydrogen (secondary N) is 1. The number of hydrogen-bond acceptors (Lipinski definition) is 4. The van der Waals surface area contributed by atoms with Crippen molar-refractivity contribution in [3.8, 4) is 0 Å². The van der Waals surface area contributed by atoms with Crippen LogP contribution in [0.4, 0.5) is 0 Å². The molecule has 1 saturated carbocycles. The van der Waals surface area contributed by atoms with Crippen LogP contribution in [0.3, 0.4) is 0 Å². The second kappa shape index (κ2) is 7.17. The third-order valence-electron chi connectivity index (χ3n) is 3.71. The number of thioether (sulfide) groups is 1. The summed E-state index contributed by atoms with van der Waals surface area (Å²) in [5.74, 6) is 0.806. The highest BCUT2D eigenvalue weighted by atomic mass is 32.2. The molecule has 1 aliphatic carbocycles. The van der Waals surface area contributed by atoms with Crippen molar-refractivity contribution in [1.82, 2.24) is 5.32 Å². The van der Waals surface area contributed by atoms with Crippen molar-refractivity contribution in [2.24, 2.45) is 5.41 Å². The fourth-order valence-electron chi connectivity index (χ4n) is 1.77. The highest BCUT2D eigenvalue weighted by molar-refractivity contribution is 8.00. The summed E-state index contributed by atoms with van der Waals surface area (Å²) in [7, 11) is 1.42. The molecule has 2 unspecified atom stereocenters. The van der Waals surface area contributed by atoms with E-state index in [0.29, 0.717) is 6.42 Å². The number of rotatable bonds is 8. The van der Waals surface area contributed by atoms with E-state index in [2.05, 4.69) is 12.2 Å². The van der Waals surface area contributed by atoms with Crippen LogP contribution in [0.25, 0.3) is 0 Å². The number of carbonyl (C=O) groups excluding carboxylic acids is 2. The second-order valence-electron chi connectivity index (χ2n) is 5.52. The highest BCUT2D eigenvalue weighted by Crippen LogP contribution is 2.51. The first-order chi connectivity index (χ1) is 8.92. The van der Waals surface area contributed by atoms with E-state index in [-0.39, 0.29) is 28.6 Å². The van der Waals surface area contributed by atoms with E-state index in [0.717, 1.165) is 25.0 Å². The number of esters is 1. The lowest BCUT2D eigenvalue weighted by Gasteiger charge is -2.19. The Balaban J connectivity index is 2.31. The molecule has 5 heteroatoms. The van der Waals surface area contributed by atoms with Gasteiger partial charge in [-0.2, -0.15) is 0 Å². The third-order valence-corrected chi connectivity index (χ3v) is 5.21. The quantitative estimate of drug-likeness (QED) is 0.696. The topological polar surface area (TPSA) is 55.4 Å². The summed E-state index contributed by atoms with van der Waals surface area (Å²) in [4.78, 5) is 23.2. The maximum absolute atomic E-state index is 11.9. The number of ether oxygens (including phenoxy) is 1. The third kappa shape index (κ3) is 5.43. The Morgan fingerprint density at radius 2 is 2.00 bits per heavy atom. The minimum Gasteiger partial charge on any atom is -0.469 e. The van der Waals surface area contributed by atoms with Crippen molar-refractivity contribution in [1.29, 1.82) is 0 Å². The minimum absolute atomic E-state index is 0.0656. The van der Waals surface area contributed by atoms with Crippen molar-refractivity contribution >= 4 is 23.6 Å². The number of amides is 1. The van der Waals surface area contributed by atoms with E-state index in [9.17, 15) is 9.59 Å². The van der Waals surface area contributed by atoms with E-state index in [1.54, 1.807) is 11.8 Å². The number of carbonyl (C=O) groups is 2. The summed E-state index contributed by atoms with van der Waals surface area (Å²) in [6, 6.07) is 0.223. The lowest BCUT2D eigenvalue weighted by molar-refractivity contribution is -0.141. The molecule has 1 fully saturated rings. The smallest absolute Gasteiger partial charge is 0.306 e. The highest BCUT2D eigenvalue weighted by Gasteiger charge is 2.45. The van der Waals surface area contributed by atoms with Crippen LogP contribution in [-0.4, -0.2) is 36.0 Å². The average Bonchev–Trinajstić information content (AvgIpc) is 3.15. The first-order valence-corrected chi connectivity index (χ1v) is 7.96. The molecule has 0 saturated heterocycles. The van der Waals surface area contributed by atoms with Gasteiger partial charge in [-0.25, -0.2) is 0 Å². The zero-order valence-electron chi connectivity index (χ0n) is 12.3. The SMILES string of the molecule is CCC(C)NC(=O)C(C)SCC1(CC(=O)OC)CC1. The zero-order chi connectivity index (χ0) is 14.5. The Morgan fingerprint density at radius 1 is 1.37 bits per heavy atom. The maximum atomic E-state index is 11.9. The van der Waals surface area contributed by atoms with Crippen LogP contribution in [0.2, 0.25) is 0 Å². The van der Waals surface area contributed by atoms with Crippen LogP contribution in [0.1, 0.15) is 46.5 Å². The van der Waals surface area contributed by atoms with Crippen molar-refractivity contribution in [3.05, 3.63) is 0 Å². The molecule has 0 aromatic heterocycles. The molecule has 0 bridgehead atoms. The zero-order valence-corrected chi connectivity index (χ0v) is 13.1. The van der Waals surface area contributed by atoms with Gasteiger partial charge in [-0.05, 0) is 38.5 Å². The van der Waals surface area contributed by atoms with Crippen LogP contribution in [0.5, 0.6) is 0 Å². The second-order valence-corrected chi connectivity index (χ2v) is 6.85. The van der Waals surface area contributed by atoms with Crippen molar-refractivity contribution in [2.75, 3.05) is 12.9 Å². The van der Waals surface area contributed by atoms with Gasteiger partial charge >= 0.3 is 5.97 Å². The first kappa shape index (κ1) is 16.3. The predicted octanol–water partition coefficient (Wildman–Crippen LogP) is 2.37. The van der Waals surface area contributed by atoms with E-state index in [1.807, 2.05) is 13.8 Å². The predicted molar refractivity (Wildman–Crippen MR) is 78.1 cm³/mol. The monoisotopic (exact) mass is 287 g/mol. The van der Waals surface area contributed by atoms with Crippen molar-refractivity contribution in [2.45, 2.75) is 57.7 Å². The van der Waals surface area contributed by atoms with Gasteiger partial charge in [0.2, 0.25) is 5.91 Å². The van der Waals surface area contributed by atoms with E-state index in [4.69, 9.17) is 4.74 Å². The van der Waals surface area contributed by atoms with Gasteiger partial charge in [0.15, 0.2) is 0 Å². The minimum atomic E-state index is -0.144. The molecule has 0 radical (unpaired) electrons. The van der Waals surface area contributed by atoms with Crippen molar-refractivity contribution in [3.63, 3.8) is 0 Å². The number of hydrogen-bond donors (Lipinski definition) is 1. The fraction of sp³-hybridized carbons (Fsp3) is 0.857. The normalized spacial score (nSPS) is 19.4. The maximum Gasteiger partial charge on any atom is 0.306 e. The van der Waals surface area contributed by atoms with Crippen LogP contribution >= 0.6 is 11.8 Å². The molecule has 19 heavy (non-hydrogen) atoms. The molecule has 0 aromatic rings. The Bertz CT molecular complexity index is 329. The number of methoxy groups -OCH3 is 1. The van der Waals surface area contributed by atoms with Gasteiger partial charge in [0.25, 0.3) is 0 Å². The summed E-state index contributed by atoms with van der Waals surface area (Å²) in [6.45, 7) is 5.99. The van der Waals surface area contributed by atoms with Crippen LogP contribution < -0.4 is 5.32 Å². The van der Waals surface area contributed by atoms with Gasteiger partial charge in [-0.1, -0.05) is 6.92 Å². The summed E-state index contributed by atoms with van der Waals surface area (Å²) >= 11 is 1.64. The molecule has 1 rings (SSSR count). The molecule has 0 aromatic carbocycles. The Morgan fingerprint density at radius 3 is 2.47 bits per heavy atom. The van der Waals surface area contributed by atoms with Crippen molar-refractivity contribution < 1.29 is 14.3 Å². The van der Waals surface area contributed by atoms with Gasteiger partial charge in [-0.3, -0.25) is 9.59 Å². The lowest BCUT2D eigenvalue weighted by atomic mass is 10.1. The molecule has 110 valence electrons. The Hall–Kier alpha value is -0.710. The molecule has 0 spiro atoms. The summed E-state index contributed by atoms with van der Waals surface area (Å²) < 4.78 is 4.72. The molecule has 2 atom stereocenters. The molecule has 0 heterocycles. The van der Waals surface area contributed by atoms with Gasteiger partial charge in [0.1, 0.15) is 0 Å². The van der Waals surface area contributed by atoms with Crippen LogP contribution in [-0.2, 0) is 14.3 Å². The van der Waals surface area contributed by atoms with E-state index < -0.39 is 0 Å². The standard InChI is InChI=1S/C14H25NO3S/c1-5-10(2)15-13(17)11(3)19-9-14(6-7-14)8-12(16)18-4/h10-11H,5-9H2,1-4H3,(H,15,17). The largest absolute Gasteiger partial charge is 0.469 e. The van der Waals surface area contributed by atoms with Gasteiger partial charge < -0.3 is 10.1 Å². The van der Waals surface area contributed by atoms with E-state index >= 15 is 0 Å². The molecule has 0 aliphatic heterocycles. The summed E-state index contributed by atoms with van der Waals surface area (Å²) in [6.07, 6.45) is 3.55. The van der Waals surface area contributed by atoms with Crippen LogP contribution in [0, 0.1) is 5.41 Å². The first-order valence-electron chi connectivity index (χ1n) is 6.91. The fourth-order valence-corrected chi connectivity index (χ4v) is 2.98. The summed E-state index contributed by atoms with van der Waals surface area (Å²) in [5.41, 5.74) is 0.0860. The summed E-state index contributed by atoms with van der Waals surface area (Å²) in [5, 5.41) is 2.92. The lowest BCUT2D eigenvalue weighted by Crippen LogP contribution is -2.37. The van der Waals surface area contributed by atoms with Crippen LogP contribution in [0.15, 0.2) is 0 Å². The van der Waals surface area contributed by atoms with Gasteiger partial charge in [0.05, 0.1) is 18.8 Å². The molecule has 4 nitrogen and oxygen atoms in total. The molecular weight excluding hydrogens is 262 g/mol.